The Morgan fingerprint density at radius 3 is 2.68 bits per heavy atom. The molecule has 0 aliphatic heterocycles. The van der Waals surface area contributed by atoms with Crippen molar-refractivity contribution in [3.8, 4) is 0 Å². The highest BCUT2D eigenvalue weighted by atomic mass is 32.2. The van der Waals surface area contributed by atoms with E-state index < -0.39 is 28.3 Å². The fraction of sp³-hybridized carbons (Fsp3) is 0.400. The third-order valence-electron chi connectivity index (χ3n) is 2.27. The molecular weight excluding hydrogens is 276 g/mol. The molecule has 0 aromatic carbocycles. The van der Waals surface area contributed by atoms with Crippen LogP contribution in [0, 0.1) is 0 Å². The van der Waals surface area contributed by atoms with Crippen LogP contribution in [0.25, 0.3) is 0 Å². The van der Waals surface area contributed by atoms with E-state index in [1.54, 1.807) is 0 Å². The Kier molecular flexibility index (Phi) is 5.07. The number of nitrogens with one attached hydrogen (secondary N) is 2. The molecule has 3 N–H and O–H groups in total. The largest absolute Gasteiger partial charge is 0.481 e. The average molecular weight is 290 g/mol. The van der Waals surface area contributed by atoms with Gasteiger partial charge >= 0.3 is 5.97 Å². The number of carbonyl (C=O) groups is 2. The number of carbonyl (C=O) groups excluding carboxylic acids is 1. The predicted molar refractivity (Wildman–Crippen MR) is 65.2 cm³/mol. The van der Waals surface area contributed by atoms with Crippen LogP contribution in [0.3, 0.4) is 0 Å². The third kappa shape index (κ3) is 4.72. The molecular formula is C10H14N2O6S. The van der Waals surface area contributed by atoms with E-state index in [1.165, 1.54) is 19.4 Å². The van der Waals surface area contributed by atoms with Gasteiger partial charge in [0.15, 0.2) is 0 Å². The van der Waals surface area contributed by atoms with Gasteiger partial charge in [-0.25, -0.2) is 13.1 Å². The lowest BCUT2D eigenvalue weighted by atomic mass is 10.2. The zero-order chi connectivity index (χ0) is 14.5. The number of furan rings is 1. The summed E-state index contributed by atoms with van der Waals surface area (Å²) in [4.78, 5) is 22.2. The molecule has 19 heavy (non-hydrogen) atoms. The summed E-state index contributed by atoms with van der Waals surface area (Å²) in [6.45, 7) is -0.0836. The first-order valence-corrected chi connectivity index (χ1v) is 6.98. The number of rotatable bonds is 7. The van der Waals surface area contributed by atoms with E-state index in [1.807, 2.05) is 0 Å². The molecule has 0 aliphatic rings. The number of hydrogen-bond acceptors (Lipinski definition) is 5. The Balaban J connectivity index is 2.59. The van der Waals surface area contributed by atoms with Crippen LogP contribution in [-0.4, -0.2) is 44.7 Å². The normalized spacial score (nSPS) is 11.2. The van der Waals surface area contributed by atoms with Crippen molar-refractivity contribution in [2.24, 2.45) is 0 Å². The number of amides is 1. The molecule has 0 fully saturated rings. The molecule has 0 bridgehead atoms. The van der Waals surface area contributed by atoms with Crippen molar-refractivity contribution in [2.45, 2.75) is 6.42 Å². The van der Waals surface area contributed by atoms with Crippen molar-refractivity contribution in [3.05, 3.63) is 23.7 Å². The maximum Gasteiger partial charge on any atom is 0.311 e. The molecule has 9 heteroatoms. The van der Waals surface area contributed by atoms with Crippen molar-refractivity contribution >= 4 is 21.9 Å². The summed E-state index contributed by atoms with van der Waals surface area (Å²) in [6, 6.07) is 1.33. The van der Waals surface area contributed by atoms with Crippen LogP contribution in [0.1, 0.15) is 16.1 Å². The molecule has 0 radical (unpaired) electrons. The first-order chi connectivity index (χ1) is 8.85. The summed E-state index contributed by atoms with van der Waals surface area (Å²) in [7, 11) is -2.12. The molecule has 0 spiro atoms. The van der Waals surface area contributed by atoms with Crippen LogP contribution in [0.2, 0.25) is 0 Å². The summed E-state index contributed by atoms with van der Waals surface area (Å²) in [5, 5.41) is 11.0. The van der Waals surface area contributed by atoms with E-state index >= 15 is 0 Å². The molecule has 0 saturated carbocycles. The van der Waals surface area contributed by atoms with Gasteiger partial charge in [0.25, 0.3) is 5.91 Å². The van der Waals surface area contributed by atoms with Gasteiger partial charge < -0.3 is 14.8 Å². The second kappa shape index (κ2) is 6.34. The highest BCUT2D eigenvalue weighted by molar-refractivity contribution is 7.89. The molecule has 1 rings (SSSR count). The number of sulfonamides is 1. The lowest BCUT2D eigenvalue weighted by molar-refractivity contribution is -0.136. The van der Waals surface area contributed by atoms with E-state index in [4.69, 9.17) is 9.52 Å². The zero-order valence-corrected chi connectivity index (χ0v) is 11.0. The maximum atomic E-state index is 11.7. The first-order valence-electron chi connectivity index (χ1n) is 5.33. The van der Waals surface area contributed by atoms with Gasteiger partial charge in [-0.2, -0.15) is 0 Å². The zero-order valence-electron chi connectivity index (χ0n) is 10.2. The number of hydrogen-bond donors (Lipinski definition) is 3. The summed E-state index contributed by atoms with van der Waals surface area (Å²) in [5.74, 6) is -1.93. The van der Waals surface area contributed by atoms with Gasteiger partial charge in [0.2, 0.25) is 10.0 Å². The van der Waals surface area contributed by atoms with Crippen molar-refractivity contribution in [1.82, 2.24) is 10.0 Å². The number of aliphatic carboxylic acids is 1. The van der Waals surface area contributed by atoms with Crippen LogP contribution in [0.5, 0.6) is 0 Å². The first kappa shape index (κ1) is 15.2. The number of carboxylic acids is 1. The fourth-order valence-corrected chi connectivity index (χ4v) is 1.89. The summed E-state index contributed by atoms with van der Waals surface area (Å²) in [5.41, 5.74) is 0.0873. The van der Waals surface area contributed by atoms with Gasteiger partial charge in [0.05, 0.1) is 17.6 Å². The van der Waals surface area contributed by atoms with E-state index in [0.29, 0.717) is 0 Å². The van der Waals surface area contributed by atoms with Crippen LogP contribution >= 0.6 is 0 Å². The van der Waals surface area contributed by atoms with Crippen molar-refractivity contribution in [2.75, 3.05) is 19.3 Å². The smallest absolute Gasteiger partial charge is 0.311 e. The average Bonchev–Trinajstić information content (AvgIpc) is 2.76. The third-order valence-corrected chi connectivity index (χ3v) is 3.63. The van der Waals surface area contributed by atoms with Crippen LogP contribution in [-0.2, 0) is 21.2 Å². The van der Waals surface area contributed by atoms with E-state index in [0.717, 1.165) is 0 Å². The Morgan fingerprint density at radius 1 is 1.42 bits per heavy atom. The fourth-order valence-electron chi connectivity index (χ4n) is 1.31. The quantitative estimate of drug-likeness (QED) is 0.602. The monoisotopic (exact) mass is 290 g/mol. The van der Waals surface area contributed by atoms with Crippen LogP contribution in [0.4, 0.5) is 0 Å². The minimum Gasteiger partial charge on any atom is -0.481 e. The van der Waals surface area contributed by atoms with Gasteiger partial charge in [0, 0.05) is 6.54 Å². The minimum atomic E-state index is -3.40. The molecule has 1 amide bonds. The van der Waals surface area contributed by atoms with Gasteiger partial charge in [-0.1, -0.05) is 0 Å². The lowest BCUT2D eigenvalue weighted by Crippen LogP contribution is -2.33. The van der Waals surface area contributed by atoms with Gasteiger partial charge in [0.1, 0.15) is 12.2 Å². The molecule has 0 unspecified atom stereocenters. The molecule has 8 nitrogen and oxygen atoms in total. The summed E-state index contributed by atoms with van der Waals surface area (Å²) < 4.78 is 29.2. The lowest BCUT2D eigenvalue weighted by Gasteiger charge is -2.05. The molecule has 1 aromatic rings. The van der Waals surface area contributed by atoms with Gasteiger partial charge in [-0.15, -0.1) is 0 Å². The molecule has 1 aromatic heterocycles. The number of carboxylic acid groups (broad SMARTS) is 1. The van der Waals surface area contributed by atoms with Gasteiger partial charge in [-0.05, 0) is 13.1 Å². The van der Waals surface area contributed by atoms with Crippen LogP contribution < -0.4 is 10.0 Å². The van der Waals surface area contributed by atoms with Crippen molar-refractivity contribution in [1.29, 1.82) is 0 Å². The predicted octanol–water partition coefficient (Wildman–Crippen LogP) is -0.814. The van der Waals surface area contributed by atoms with Crippen molar-refractivity contribution < 1.29 is 27.5 Å². The summed E-state index contributed by atoms with van der Waals surface area (Å²) >= 11 is 0. The molecule has 0 aliphatic carbocycles. The van der Waals surface area contributed by atoms with E-state index in [-0.39, 0.29) is 23.6 Å². The maximum absolute atomic E-state index is 11.7. The molecule has 0 saturated heterocycles. The van der Waals surface area contributed by atoms with E-state index in [9.17, 15) is 18.0 Å². The standard InChI is InChI=1S/C10H14N2O6S/c1-11-19(16,17)5-3-12-10(15)7-2-4-18-8(7)6-9(13)14/h2,4,11H,3,5-6H2,1H3,(H,12,15)(H,13,14). The Morgan fingerprint density at radius 2 is 2.11 bits per heavy atom. The highest BCUT2D eigenvalue weighted by Crippen LogP contribution is 2.11. The Hall–Kier alpha value is -1.87. The SMILES string of the molecule is CNS(=O)(=O)CCNC(=O)c1ccoc1CC(=O)O. The second-order valence-corrected chi connectivity index (χ2v) is 5.65. The molecule has 1 heterocycles. The highest BCUT2D eigenvalue weighted by Gasteiger charge is 2.17. The second-order valence-electron chi connectivity index (χ2n) is 3.61. The Labute approximate surface area is 109 Å². The Bertz CT molecular complexity index is 562. The molecule has 0 atom stereocenters. The molecule has 106 valence electrons. The van der Waals surface area contributed by atoms with E-state index in [2.05, 4.69) is 10.0 Å². The topological polar surface area (TPSA) is 126 Å². The summed E-state index contributed by atoms with van der Waals surface area (Å²) in [6.07, 6.45) is 0.794. The van der Waals surface area contributed by atoms with Crippen LogP contribution in [0.15, 0.2) is 16.7 Å². The minimum absolute atomic E-state index is 0.0291. The van der Waals surface area contributed by atoms with Gasteiger partial charge in [-0.3, -0.25) is 9.59 Å². The van der Waals surface area contributed by atoms with Crippen molar-refractivity contribution in [3.63, 3.8) is 0 Å².